The van der Waals surface area contributed by atoms with E-state index in [1.165, 1.54) is 0 Å². The Kier molecular flexibility index (Phi) is 4.97. The first kappa shape index (κ1) is 14.1. The van der Waals surface area contributed by atoms with E-state index in [-0.39, 0.29) is 18.7 Å². The van der Waals surface area contributed by atoms with Crippen LogP contribution in [0.1, 0.15) is 30.1 Å². The maximum atomic E-state index is 9.54. The van der Waals surface area contributed by atoms with Crippen LogP contribution in [0.5, 0.6) is 0 Å². The summed E-state index contributed by atoms with van der Waals surface area (Å²) in [6.45, 7) is 2.13. The van der Waals surface area contributed by atoms with Gasteiger partial charge in [0.25, 0.3) is 0 Å². The highest BCUT2D eigenvalue weighted by Gasteiger charge is 2.14. The molecule has 2 unspecified atom stereocenters. The van der Waals surface area contributed by atoms with Crippen LogP contribution in [-0.4, -0.2) is 11.7 Å². The van der Waals surface area contributed by atoms with Crippen molar-refractivity contribution in [3.63, 3.8) is 0 Å². The molecule has 0 spiro atoms. The fraction of sp³-hybridized carbons (Fsp3) is 0.250. The van der Waals surface area contributed by atoms with Crippen molar-refractivity contribution in [3.8, 4) is 0 Å². The van der Waals surface area contributed by atoms with Gasteiger partial charge < -0.3 is 10.4 Å². The summed E-state index contributed by atoms with van der Waals surface area (Å²) in [5, 5.41) is 13.7. The molecule has 0 aromatic heterocycles. The number of nitrogens with one attached hydrogen (secondary N) is 1. The van der Waals surface area contributed by atoms with E-state index in [1.54, 1.807) is 0 Å². The van der Waals surface area contributed by atoms with Gasteiger partial charge in [0.2, 0.25) is 0 Å². The van der Waals surface area contributed by atoms with Crippen molar-refractivity contribution in [2.75, 3.05) is 6.61 Å². The van der Waals surface area contributed by atoms with E-state index < -0.39 is 0 Å². The lowest BCUT2D eigenvalue weighted by Crippen LogP contribution is -2.27. The van der Waals surface area contributed by atoms with Gasteiger partial charge in [-0.1, -0.05) is 54.1 Å². The average molecular weight is 276 g/mol. The summed E-state index contributed by atoms with van der Waals surface area (Å²) in [6.07, 6.45) is 0. The molecule has 2 rings (SSSR count). The number of halogens is 1. The summed E-state index contributed by atoms with van der Waals surface area (Å²) >= 11 is 6.00. The minimum atomic E-state index is -0.0739. The second kappa shape index (κ2) is 6.71. The van der Waals surface area contributed by atoms with Crippen molar-refractivity contribution >= 4 is 11.6 Å². The van der Waals surface area contributed by atoms with Crippen LogP contribution in [-0.2, 0) is 0 Å². The Morgan fingerprint density at radius 1 is 1.05 bits per heavy atom. The minimum Gasteiger partial charge on any atom is -0.394 e. The molecule has 2 nitrogen and oxygen atoms in total. The minimum absolute atomic E-state index is 0.0644. The normalized spacial score (nSPS) is 14.1. The Hall–Kier alpha value is -1.35. The van der Waals surface area contributed by atoms with Crippen LogP contribution in [0.15, 0.2) is 54.6 Å². The Labute approximate surface area is 119 Å². The number of benzene rings is 2. The van der Waals surface area contributed by atoms with Crippen molar-refractivity contribution < 1.29 is 5.11 Å². The fourth-order valence-electron chi connectivity index (χ4n) is 2.11. The highest BCUT2D eigenvalue weighted by Crippen LogP contribution is 2.21. The van der Waals surface area contributed by atoms with E-state index in [0.29, 0.717) is 0 Å². The van der Waals surface area contributed by atoms with Gasteiger partial charge >= 0.3 is 0 Å². The van der Waals surface area contributed by atoms with E-state index in [1.807, 2.05) is 54.6 Å². The molecule has 100 valence electrons. The van der Waals surface area contributed by atoms with Crippen molar-refractivity contribution in [2.24, 2.45) is 0 Å². The van der Waals surface area contributed by atoms with E-state index in [0.717, 1.165) is 16.1 Å². The molecule has 2 N–H and O–H groups in total. The Balaban J connectivity index is 2.10. The first-order valence-electron chi connectivity index (χ1n) is 6.38. The first-order valence-corrected chi connectivity index (χ1v) is 6.76. The molecule has 2 aromatic carbocycles. The number of hydrogen-bond acceptors (Lipinski definition) is 2. The summed E-state index contributed by atoms with van der Waals surface area (Å²) in [7, 11) is 0. The molecule has 3 heteroatoms. The lowest BCUT2D eigenvalue weighted by Gasteiger charge is -2.22. The zero-order valence-electron chi connectivity index (χ0n) is 10.9. The quantitative estimate of drug-likeness (QED) is 0.872. The van der Waals surface area contributed by atoms with Crippen LogP contribution >= 0.6 is 11.6 Å². The van der Waals surface area contributed by atoms with Gasteiger partial charge in [-0.15, -0.1) is 0 Å². The summed E-state index contributed by atoms with van der Waals surface area (Å²) < 4.78 is 0. The van der Waals surface area contributed by atoms with E-state index in [2.05, 4.69) is 12.2 Å². The van der Waals surface area contributed by atoms with Crippen LogP contribution in [0.4, 0.5) is 0 Å². The van der Waals surface area contributed by atoms with Crippen LogP contribution < -0.4 is 5.32 Å². The number of aliphatic hydroxyl groups excluding tert-OH is 1. The van der Waals surface area contributed by atoms with Gasteiger partial charge in [-0.3, -0.25) is 0 Å². The molecule has 19 heavy (non-hydrogen) atoms. The molecular formula is C16H18ClNO. The Bertz CT molecular complexity index is 515. The van der Waals surface area contributed by atoms with Gasteiger partial charge in [0.15, 0.2) is 0 Å². The molecule has 0 bridgehead atoms. The molecule has 2 atom stereocenters. The van der Waals surface area contributed by atoms with E-state index in [4.69, 9.17) is 11.6 Å². The predicted molar refractivity (Wildman–Crippen MR) is 79.3 cm³/mol. The van der Waals surface area contributed by atoms with Gasteiger partial charge in [-0.25, -0.2) is 0 Å². The van der Waals surface area contributed by atoms with E-state index >= 15 is 0 Å². The molecule has 0 saturated heterocycles. The van der Waals surface area contributed by atoms with Crippen molar-refractivity contribution in [2.45, 2.75) is 19.0 Å². The van der Waals surface area contributed by atoms with Gasteiger partial charge in [-0.2, -0.15) is 0 Å². The van der Waals surface area contributed by atoms with Crippen LogP contribution in [0.2, 0.25) is 5.02 Å². The number of aliphatic hydroxyl groups is 1. The topological polar surface area (TPSA) is 32.3 Å². The molecular weight excluding hydrogens is 258 g/mol. The fourth-order valence-corrected chi connectivity index (χ4v) is 2.31. The molecule has 2 aromatic rings. The molecule has 0 saturated carbocycles. The number of rotatable bonds is 5. The van der Waals surface area contributed by atoms with Gasteiger partial charge in [0.1, 0.15) is 0 Å². The van der Waals surface area contributed by atoms with Gasteiger partial charge in [-0.05, 0) is 30.2 Å². The van der Waals surface area contributed by atoms with Crippen molar-refractivity contribution in [1.82, 2.24) is 5.32 Å². The van der Waals surface area contributed by atoms with Crippen molar-refractivity contribution in [3.05, 3.63) is 70.7 Å². The summed E-state index contributed by atoms with van der Waals surface area (Å²) in [5.41, 5.74) is 2.20. The molecule has 0 aliphatic heterocycles. The van der Waals surface area contributed by atoms with Gasteiger partial charge in [0.05, 0.1) is 12.6 Å². The lowest BCUT2D eigenvalue weighted by atomic mass is 10.0. The van der Waals surface area contributed by atoms with Crippen LogP contribution in [0, 0.1) is 0 Å². The molecule has 0 aliphatic rings. The second-order valence-electron chi connectivity index (χ2n) is 4.59. The highest BCUT2D eigenvalue weighted by molar-refractivity contribution is 6.30. The third-order valence-corrected chi connectivity index (χ3v) is 3.42. The zero-order valence-corrected chi connectivity index (χ0v) is 11.6. The monoisotopic (exact) mass is 275 g/mol. The first-order chi connectivity index (χ1) is 9.20. The third-order valence-electron chi connectivity index (χ3n) is 3.18. The largest absolute Gasteiger partial charge is 0.394 e. The standard InChI is InChI=1S/C16H18ClNO/c1-12(14-8-5-9-15(17)10-14)18-16(11-19)13-6-3-2-4-7-13/h2-10,12,16,18-19H,11H2,1H3. The second-order valence-corrected chi connectivity index (χ2v) is 5.03. The summed E-state index contributed by atoms with van der Waals surface area (Å²) in [5.74, 6) is 0. The SMILES string of the molecule is CC(NC(CO)c1ccccc1)c1cccc(Cl)c1. The smallest absolute Gasteiger partial charge is 0.0626 e. The molecule has 0 fully saturated rings. The summed E-state index contributed by atoms with van der Waals surface area (Å²) in [6, 6.07) is 17.8. The molecule has 0 radical (unpaired) electrons. The zero-order chi connectivity index (χ0) is 13.7. The third kappa shape index (κ3) is 3.80. The lowest BCUT2D eigenvalue weighted by molar-refractivity contribution is 0.235. The van der Waals surface area contributed by atoms with E-state index in [9.17, 15) is 5.11 Å². The Morgan fingerprint density at radius 2 is 1.74 bits per heavy atom. The summed E-state index contributed by atoms with van der Waals surface area (Å²) in [4.78, 5) is 0. The van der Waals surface area contributed by atoms with Crippen molar-refractivity contribution in [1.29, 1.82) is 0 Å². The number of hydrogen-bond donors (Lipinski definition) is 2. The predicted octanol–water partition coefficient (Wildman–Crippen LogP) is 3.72. The molecule has 0 amide bonds. The maximum Gasteiger partial charge on any atom is 0.0626 e. The maximum absolute atomic E-state index is 9.54. The van der Waals surface area contributed by atoms with Gasteiger partial charge in [0, 0.05) is 11.1 Å². The average Bonchev–Trinajstić information content (AvgIpc) is 2.45. The molecule has 0 heterocycles. The van der Waals surface area contributed by atoms with Crippen LogP contribution in [0.25, 0.3) is 0 Å². The molecule has 0 aliphatic carbocycles. The van der Waals surface area contributed by atoms with Crippen LogP contribution in [0.3, 0.4) is 0 Å². The highest BCUT2D eigenvalue weighted by atomic mass is 35.5. The Morgan fingerprint density at radius 3 is 2.37 bits per heavy atom.